The Morgan fingerprint density at radius 1 is 1.17 bits per heavy atom. The maximum Gasteiger partial charge on any atom is 0.261 e. The zero-order valence-corrected chi connectivity index (χ0v) is 16.9. The van der Waals surface area contributed by atoms with Crippen LogP contribution in [0.25, 0.3) is 10.9 Å². The molecule has 8 heteroatoms. The van der Waals surface area contributed by atoms with Gasteiger partial charge in [0.2, 0.25) is 11.8 Å². The standard InChI is InChI=1S/C21H21ClN4O3/c1-14-6-5-7-15-20(14)23-13-26(21(15)29)11-10-19(28)25(2)12-18(27)24-17-9-4-3-8-16(17)22/h3-9,13H,10-12H2,1-2H3,(H,24,27). The lowest BCUT2D eigenvalue weighted by Gasteiger charge is -2.17. The third-order valence-corrected chi connectivity index (χ3v) is 4.91. The quantitative estimate of drug-likeness (QED) is 0.674. The second-order valence-electron chi connectivity index (χ2n) is 6.74. The Kier molecular flexibility index (Phi) is 6.29. The predicted octanol–water partition coefficient (Wildman–Crippen LogP) is 2.85. The van der Waals surface area contributed by atoms with Crippen LogP contribution in [0.1, 0.15) is 12.0 Å². The lowest BCUT2D eigenvalue weighted by Crippen LogP contribution is -2.36. The lowest BCUT2D eigenvalue weighted by molar-refractivity contribution is -0.133. The summed E-state index contributed by atoms with van der Waals surface area (Å²) < 4.78 is 1.41. The summed E-state index contributed by atoms with van der Waals surface area (Å²) >= 11 is 6.02. The van der Waals surface area contributed by atoms with Crippen molar-refractivity contribution in [1.82, 2.24) is 14.5 Å². The average Bonchev–Trinajstić information content (AvgIpc) is 2.69. The van der Waals surface area contributed by atoms with E-state index in [0.717, 1.165) is 5.56 Å². The molecule has 150 valence electrons. The molecule has 2 aromatic carbocycles. The van der Waals surface area contributed by atoms with Crippen molar-refractivity contribution in [3.05, 3.63) is 69.7 Å². The van der Waals surface area contributed by atoms with Gasteiger partial charge in [-0.25, -0.2) is 4.98 Å². The molecule has 3 aromatic rings. The topological polar surface area (TPSA) is 84.3 Å². The van der Waals surface area contributed by atoms with Gasteiger partial charge in [0.25, 0.3) is 5.56 Å². The van der Waals surface area contributed by atoms with Gasteiger partial charge in [0, 0.05) is 20.0 Å². The molecule has 29 heavy (non-hydrogen) atoms. The molecular formula is C21H21ClN4O3. The summed E-state index contributed by atoms with van der Waals surface area (Å²) in [6.45, 7) is 1.96. The van der Waals surface area contributed by atoms with Crippen LogP contribution in [0.3, 0.4) is 0 Å². The number of anilines is 1. The largest absolute Gasteiger partial charge is 0.336 e. The van der Waals surface area contributed by atoms with Crippen molar-refractivity contribution in [1.29, 1.82) is 0 Å². The van der Waals surface area contributed by atoms with Gasteiger partial charge in [-0.2, -0.15) is 0 Å². The molecule has 0 atom stereocenters. The Morgan fingerprint density at radius 3 is 2.69 bits per heavy atom. The van der Waals surface area contributed by atoms with Gasteiger partial charge in [-0.1, -0.05) is 35.9 Å². The first-order valence-electron chi connectivity index (χ1n) is 9.10. The zero-order chi connectivity index (χ0) is 21.0. The molecule has 0 radical (unpaired) electrons. The van der Waals surface area contributed by atoms with Crippen molar-refractivity contribution in [3.8, 4) is 0 Å². The molecule has 0 aliphatic rings. The summed E-state index contributed by atoms with van der Waals surface area (Å²) in [6, 6.07) is 12.3. The van der Waals surface area contributed by atoms with E-state index in [9.17, 15) is 14.4 Å². The summed E-state index contributed by atoms with van der Waals surface area (Å²) in [5, 5.41) is 3.62. The second-order valence-corrected chi connectivity index (χ2v) is 7.15. The number of aryl methyl sites for hydroxylation is 2. The van der Waals surface area contributed by atoms with Crippen LogP contribution in [0.15, 0.2) is 53.6 Å². The summed E-state index contributed by atoms with van der Waals surface area (Å²) in [5.74, 6) is -0.607. The number of hydrogen-bond acceptors (Lipinski definition) is 4. The van der Waals surface area contributed by atoms with Gasteiger partial charge in [-0.05, 0) is 30.7 Å². The molecule has 1 N–H and O–H groups in total. The van der Waals surface area contributed by atoms with Crippen LogP contribution in [-0.2, 0) is 16.1 Å². The van der Waals surface area contributed by atoms with E-state index in [1.807, 2.05) is 19.1 Å². The summed E-state index contributed by atoms with van der Waals surface area (Å²) in [6.07, 6.45) is 1.53. The molecule has 0 fully saturated rings. The molecule has 1 heterocycles. The predicted molar refractivity (Wildman–Crippen MR) is 113 cm³/mol. The summed E-state index contributed by atoms with van der Waals surface area (Å²) in [5.41, 5.74) is 1.88. The third-order valence-electron chi connectivity index (χ3n) is 4.58. The molecule has 0 aliphatic heterocycles. The molecule has 7 nitrogen and oxygen atoms in total. The Bertz CT molecular complexity index is 1130. The van der Waals surface area contributed by atoms with Crippen molar-refractivity contribution in [2.75, 3.05) is 18.9 Å². The van der Waals surface area contributed by atoms with Gasteiger partial charge in [0.05, 0.1) is 34.5 Å². The number of aromatic nitrogens is 2. The summed E-state index contributed by atoms with van der Waals surface area (Å²) in [4.78, 5) is 42.8. The second kappa shape index (κ2) is 8.87. The minimum absolute atomic E-state index is 0.0782. The van der Waals surface area contributed by atoms with E-state index in [2.05, 4.69) is 10.3 Å². The monoisotopic (exact) mass is 412 g/mol. The fourth-order valence-corrected chi connectivity index (χ4v) is 3.14. The van der Waals surface area contributed by atoms with E-state index in [1.54, 1.807) is 37.4 Å². The molecule has 0 unspecified atom stereocenters. The molecule has 0 bridgehead atoms. The molecule has 3 rings (SSSR count). The van der Waals surface area contributed by atoms with Crippen molar-refractivity contribution >= 4 is 40.0 Å². The van der Waals surface area contributed by atoms with E-state index in [4.69, 9.17) is 11.6 Å². The molecule has 0 aliphatic carbocycles. The van der Waals surface area contributed by atoms with Gasteiger partial charge in [0.1, 0.15) is 0 Å². The van der Waals surface area contributed by atoms with E-state index >= 15 is 0 Å². The highest BCUT2D eigenvalue weighted by Crippen LogP contribution is 2.20. The summed E-state index contributed by atoms with van der Waals surface area (Å²) in [7, 11) is 1.54. The van der Waals surface area contributed by atoms with Crippen LogP contribution < -0.4 is 10.9 Å². The molecular weight excluding hydrogens is 392 g/mol. The number of nitrogens with zero attached hydrogens (tertiary/aromatic N) is 3. The Balaban J connectivity index is 1.60. The lowest BCUT2D eigenvalue weighted by atomic mass is 10.1. The van der Waals surface area contributed by atoms with Gasteiger partial charge < -0.3 is 10.2 Å². The maximum atomic E-state index is 12.6. The van der Waals surface area contributed by atoms with Gasteiger partial charge in [0.15, 0.2) is 0 Å². The highest BCUT2D eigenvalue weighted by Gasteiger charge is 2.15. The number of benzene rings is 2. The van der Waals surface area contributed by atoms with Crippen LogP contribution in [0.2, 0.25) is 5.02 Å². The van der Waals surface area contributed by atoms with Crippen LogP contribution in [0, 0.1) is 6.92 Å². The molecule has 0 saturated carbocycles. The number of hydrogen-bond donors (Lipinski definition) is 1. The van der Waals surface area contributed by atoms with E-state index < -0.39 is 0 Å². The Labute approximate surface area is 172 Å². The van der Waals surface area contributed by atoms with Crippen LogP contribution in [0.5, 0.6) is 0 Å². The fraction of sp³-hybridized carbons (Fsp3) is 0.238. The van der Waals surface area contributed by atoms with Crippen molar-refractivity contribution in [3.63, 3.8) is 0 Å². The number of amides is 2. The van der Waals surface area contributed by atoms with E-state index in [1.165, 1.54) is 15.8 Å². The maximum absolute atomic E-state index is 12.6. The minimum atomic E-state index is -0.353. The van der Waals surface area contributed by atoms with Crippen LogP contribution in [-0.4, -0.2) is 39.9 Å². The van der Waals surface area contributed by atoms with Crippen LogP contribution in [0.4, 0.5) is 5.69 Å². The number of rotatable bonds is 6. The first-order chi connectivity index (χ1) is 13.9. The van der Waals surface area contributed by atoms with E-state index in [0.29, 0.717) is 21.6 Å². The number of para-hydroxylation sites is 2. The smallest absolute Gasteiger partial charge is 0.261 e. The number of carbonyl (C=O) groups excluding carboxylic acids is 2. The number of halogens is 1. The SMILES string of the molecule is Cc1cccc2c(=O)n(CCC(=O)N(C)CC(=O)Nc3ccccc3Cl)cnc12. The molecule has 0 saturated heterocycles. The number of fused-ring (bicyclic) bond motifs is 1. The van der Waals surface area contributed by atoms with E-state index in [-0.39, 0.29) is 36.9 Å². The Hall–Kier alpha value is -3.19. The number of carbonyl (C=O) groups is 2. The van der Waals surface area contributed by atoms with Gasteiger partial charge in [-0.3, -0.25) is 19.0 Å². The molecule has 0 spiro atoms. The van der Waals surface area contributed by atoms with Crippen molar-refractivity contribution in [2.24, 2.45) is 0 Å². The van der Waals surface area contributed by atoms with Gasteiger partial charge in [-0.15, -0.1) is 0 Å². The fourth-order valence-electron chi connectivity index (χ4n) is 2.96. The highest BCUT2D eigenvalue weighted by atomic mass is 35.5. The average molecular weight is 413 g/mol. The highest BCUT2D eigenvalue weighted by molar-refractivity contribution is 6.33. The first kappa shape index (κ1) is 20.5. The zero-order valence-electron chi connectivity index (χ0n) is 16.2. The molecule has 2 amide bonds. The van der Waals surface area contributed by atoms with Crippen molar-refractivity contribution in [2.45, 2.75) is 19.9 Å². The number of likely N-dealkylation sites (N-methyl/N-ethyl adjacent to an activating group) is 1. The van der Waals surface area contributed by atoms with Crippen LogP contribution >= 0.6 is 11.6 Å². The Morgan fingerprint density at radius 2 is 1.93 bits per heavy atom. The first-order valence-corrected chi connectivity index (χ1v) is 9.47. The van der Waals surface area contributed by atoms with Gasteiger partial charge >= 0.3 is 0 Å². The number of nitrogens with one attached hydrogen (secondary N) is 1. The third kappa shape index (κ3) is 4.81. The normalized spacial score (nSPS) is 10.7. The van der Waals surface area contributed by atoms with Crippen molar-refractivity contribution < 1.29 is 9.59 Å². The minimum Gasteiger partial charge on any atom is -0.336 e. The molecule has 1 aromatic heterocycles.